The molecule has 0 bridgehead atoms. The number of nitrogens with zero attached hydrogens (tertiary/aromatic N) is 1. The van der Waals surface area contributed by atoms with E-state index in [2.05, 4.69) is 0 Å². The summed E-state index contributed by atoms with van der Waals surface area (Å²) in [6.45, 7) is 0.0769. The van der Waals surface area contributed by atoms with Crippen LogP contribution in [0.3, 0.4) is 0 Å². The number of amides is 2. The van der Waals surface area contributed by atoms with Crippen LogP contribution in [0.15, 0.2) is 42.5 Å². The summed E-state index contributed by atoms with van der Waals surface area (Å²) >= 11 is 0. The maximum Gasteiger partial charge on any atom is 0.340 e. The van der Waals surface area contributed by atoms with E-state index in [0.29, 0.717) is 5.56 Å². The first-order valence-electron chi connectivity index (χ1n) is 7.59. The number of anilines is 1. The molecule has 1 aliphatic heterocycles. The van der Waals surface area contributed by atoms with E-state index in [-0.39, 0.29) is 22.6 Å². The highest BCUT2D eigenvalue weighted by Crippen LogP contribution is 2.33. The molecule has 2 aromatic carbocycles. The lowest BCUT2D eigenvalue weighted by Crippen LogP contribution is -2.33. The number of halogens is 4. The zero-order valence-corrected chi connectivity index (χ0v) is 13.5. The van der Waals surface area contributed by atoms with Crippen LogP contribution in [0.25, 0.3) is 0 Å². The third kappa shape index (κ3) is 3.02. The number of aryl methyl sites for hydroxylation is 1. The van der Waals surface area contributed by atoms with Gasteiger partial charge in [-0.2, -0.15) is 8.78 Å². The van der Waals surface area contributed by atoms with E-state index in [0.717, 1.165) is 4.90 Å². The van der Waals surface area contributed by atoms with Crippen LogP contribution < -0.4 is 9.64 Å². The Morgan fingerprint density at radius 1 is 1.04 bits per heavy atom. The van der Waals surface area contributed by atoms with Crippen molar-refractivity contribution in [2.45, 2.75) is 19.3 Å². The Labute approximate surface area is 146 Å². The summed E-state index contributed by atoms with van der Waals surface area (Å²) in [6.07, 6.45) is -3.83. The van der Waals surface area contributed by atoms with Gasteiger partial charge >= 0.3 is 12.3 Å². The molecule has 0 aliphatic carbocycles. The number of carbonyl (C=O) groups excluding carboxylic acids is 2. The van der Waals surface area contributed by atoms with Crippen LogP contribution in [0.2, 0.25) is 0 Å². The standard InChI is InChI=1S/C18H13F4NO3/c1-10-8-11(26-9-18(21,22)17(19)20)6-7-14(10)23-15(24)12-4-2-3-5-13(12)16(23)25/h2-8,17H,9H2,1H3. The van der Waals surface area contributed by atoms with E-state index in [1.807, 2.05) is 0 Å². The van der Waals surface area contributed by atoms with Gasteiger partial charge in [0.1, 0.15) is 5.75 Å². The molecule has 0 radical (unpaired) electrons. The Balaban J connectivity index is 1.83. The molecule has 0 spiro atoms. The second-order valence-electron chi connectivity index (χ2n) is 5.79. The molecule has 2 amide bonds. The molecule has 8 heteroatoms. The van der Waals surface area contributed by atoms with E-state index < -0.39 is 30.8 Å². The predicted molar refractivity (Wildman–Crippen MR) is 85.2 cm³/mol. The highest BCUT2D eigenvalue weighted by atomic mass is 19.3. The highest BCUT2D eigenvalue weighted by molar-refractivity contribution is 6.34. The second-order valence-corrected chi connectivity index (χ2v) is 5.79. The van der Waals surface area contributed by atoms with Crippen molar-refractivity contribution < 1.29 is 31.9 Å². The van der Waals surface area contributed by atoms with Gasteiger partial charge in [-0.25, -0.2) is 13.7 Å². The lowest BCUT2D eigenvalue weighted by molar-refractivity contribution is -0.148. The van der Waals surface area contributed by atoms with Crippen LogP contribution in [0.1, 0.15) is 26.3 Å². The van der Waals surface area contributed by atoms with Gasteiger partial charge in [-0.3, -0.25) is 9.59 Å². The number of hydrogen-bond donors (Lipinski definition) is 0. The van der Waals surface area contributed by atoms with Crippen molar-refractivity contribution >= 4 is 17.5 Å². The van der Waals surface area contributed by atoms with Gasteiger partial charge in [0.25, 0.3) is 11.8 Å². The summed E-state index contributed by atoms with van der Waals surface area (Å²) in [4.78, 5) is 25.9. The van der Waals surface area contributed by atoms with Crippen molar-refractivity contribution in [1.29, 1.82) is 0 Å². The number of rotatable bonds is 5. The van der Waals surface area contributed by atoms with E-state index in [4.69, 9.17) is 4.74 Å². The lowest BCUT2D eigenvalue weighted by Gasteiger charge is -2.19. The summed E-state index contributed by atoms with van der Waals surface area (Å²) < 4.78 is 54.9. The first-order chi connectivity index (χ1) is 12.2. The fraction of sp³-hybridized carbons (Fsp3) is 0.222. The topological polar surface area (TPSA) is 46.6 Å². The van der Waals surface area contributed by atoms with Crippen molar-refractivity contribution in [3.8, 4) is 5.75 Å². The van der Waals surface area contributed by atoms with E-state index in [1.165, 1.54) is 30.3 Å². The Kier molecular flexibility index (Phi) is 4.43. The zero-order chi connectivity index (χ0) is 19.1. The van der Waals surface area contributed by atoms with Crippen LogP contribution in [-0.2, 0) is 0 Å². The largest absolute Gasteiger partial charge is 0.487 e. The summed E-state index contributed by atoms with van der Waals surface area (Å²) in [7, 11) is 0. The molecule has 1 aliphatic rings. The molecule has 26 heavy (non-hydrogen) atoms. The first kappa shape index (κ1) is 17.9. The molecule has 0 atom stereocenters. The number of alkyl halides is 4. The fourth-order valence-electron chi connectivity index (χ4n) is 2.62. The van der Waals surface area contributed by atoms with Crippen molar-refractivity contribution in [2.75, 3.05) is 11.5 Å². The molecule has 0 saturated carbocycles. The molecule has 0 fully saturated rings. The average Bonchev–Trinajstić information content (AvgIpc) is 2.85. The third-order valence-electron chi connectivity index (χ3n) is 3.95. The highest BCUT2D eigenvalue weighted by Gasteiger charge is 2.42. The molecular weight excluding hydrogens is 354 g/mol. The summed E-state index contributed by atoms with van der Waals surface area (Å²) in [5, 5.41) is 0. The summed E-state index contributed by atoms with van der Waals surface area (Å²) in [6, 6.07) is 10.3. The van der Waals surface area contributed by atoms with Crippen molar-refractivity contribution in [1.82, 2.24) is 0 Å². The molecule has 4 nitrogen and oxygen atoms in total. The van der Waals surface area contributed by atoms with Gasteiger partial charge in [-0.1, -0.05) is 12.1 Å². The Morgan fingerprint density at radius 3 is 2.12 bits per heavy atom. The van der Waals surface area contributed by atoms with Gasteiger partial charge in [-0.15, -0.1) is 0 Å². The molecule has 0 N–H and O–H groups in total. The molecule has 136 valence electrons. The minimum Gasteiger partial charge on any atom is -0.487 e. The maximum atomic E-state index is 12.9. The van der Waals surface area contributed by atoms with Gasteiger partial charge in [0.15, 0.2) is 6.61 Å². The van der Waals surface area contributed by atoms with Crippen molar-refractivity contribution in [3.63, 3.8) is 0 Å². The molecular formula is C18H13F4NO3. The Morgan fingerprint density at radius 2 is 1.62 bits per heavy atom. The van der Waals surface area contributed by atoms with Crippen LogP contribution in [0.4, 0.5) is 23.2 Å². The molecule has 0 aromatic heterocycles. The van der Waals surface area contributed by atoms with Crippen LogP contribution in [-0.4, -0.2) is 30.8 Å². The number of ether oxygens (including phenoxy) is 1. The zero-order valence-electron chi connectivity index (χ0n) is 13.5. The maximum absolute atomic E-state index is 12.9. The quantitative estimate of drug-likeness (QED) is 0.591. The summed E-state index contributed by atoms with van der Waals surface area (Å²) in [5.74, 6) is -5.32. The number of benzene rings is 2. The number of carbonyl (C=O) groups is 2. The monoisotopic (exact) mass is 367 g/mol. The van der Waals surface area contributed by atoms with Gasteiger partial charge in [0, 0.05) is 0 Å². The molecule has 2 aromatic rings. The number of imide groups is 1. The van der Waals surface area contributed by atoms with E-state index in [9.17, 15) is 27.2 Å². The summed E-state index contributed by atoms with van der Waals surface area (Å²) in [5.41, 5.74) is 1.21. The van der Waals surface area contributed by atoms with Crippen LogP contribution in [0.5, 0.6) is 5.75 Å². The predicted octanol–water partition coefficient (Wildman–Crippen LogP) is 4.07. The molecule has 0 saturated heterocycles. The Bertz CT molecular complexity index is 847. The molecule has 0 unspecified atom stereocenters. The smallest absolute Gasteiger partial charge is 0.340 e. The van der Waals surface area contributed by atoms with Gasteiger partial charge < -0.3 is 4.74 Å². The normalized spacial score (nSPS) is 14.2. The lowest BCUT2D eigenvalue weighted by atomic mass is 10.1. The van der Waals surface area contributed by atoms with E-state index >= 15 is 0 Å². The number of hydrogen-bond acceptors (Lipinski definition) is 3. The molecule has 1 heterocycles. The SMILES string of the molecule is Cc1cc(OCC(F)(F)C(F)F)ccc1N1C(=O)c2ccccc2C1=O. The van der Waals surface area contributed by atoms with Gasteiger partial charge in [-0.05, 0) is 42.8 Å². The fourth-order valence-corrected chi connectivity index (χ4v) is 2.62. The van der Waals surface area contributed by atoms with Crippen LogP contribution in [0, 0.1) is 6.92 Å². The van der Waals surface area contributed by atoms with Gasteiger partial charge in [0.2, 0.25) is 0 Å². The van der Waals surface area contributed by atoms with Crippen LogP contribution >= 0.6 is 0 Å². The second kappa shape index (κ2) is 6.44. The molecule has 3 rings (SSSR count). The van der Waals surface area contributed by atoms with Gasteiger partial charge in [0.05, 0.1) is 16.8 Å². The average molecular weight is 367 g/mol. The minimum atomic E-state index is -4.27. The van der Waals surface area contributed by atoms with Crippen molar-refractivity contribution in [2.24, 2.45) is 0 Å². The number of fused-ring (bicyclic) bond motifs is 1. The Hall–Kier alpha value is -2.90. The van der Waals surface area contributed by atoms with Crippen molar-refractivity contribution in [3.05, 3.63) is 59.2 Å². The third-order valence-corrected chi connectivity index (χ3v) is 3.95. The van der Waals surface area contributed by atoms with E-state index in [1.54, 1.807) is 19.1 Å². The minimum absolute atomic E-state index is 0.0665. The first-order valence-corrected chi connectivity index (χ1v) is 7.59.